The fourth-order valence-electron chi connectivity index (χ4n) is 1.93. The van der Waals surface area contributed by atoms with Crippen LogP contribution in [-0.2, 0) is 13.1 Å². The van der Waals surface area contributed by atoms with Crippen LogP contribution in [0.4, 0.5) is 5.82 Å². The van der Waals surface area contributed by atoms with Gasteiger partial charge in [-0.15, -0.1) is 11.3 Å². The average molecular weight is 324 g/mol. The molecule has 0 aliphatic heterocycles. The molecule has 1 N–H and O–H groups in total. The molecule has 2 heterocycles. The third-order valence-corrected chi connectivity index (χ3v) is 4.18. The third-order valence-electron chi connectivity index (χ3n) is 3.04. The zero-order chi connectivity index (χ0) is 15.5. The van der Waals surface area contributed by atoms with Gasteiger partial charge in [-0.3, -0.25) is 0 Å². The first-order valence-corrected chi connectivity index (χ1v) is 8.24. The van der Waals surface area contributed by atoms with Gasteiger partial charge in [-0.05, 0) is 43.8 Å². The van der Waals surface area contributed by atoms with Crippen molar-refractivity contribution in [2.75, 3.05) is 11.9 Å². The van der Waals surface area contributed by atoms with Crippen LogP contribution in [0.15, 0.2) is 29.8 Å². The molecule has 0 aliphatic rings. The van der Waals surface area contributed by atoms with Crippen LogP contribution in [-0.4, -0.2) is 17.6 Å². The van der Waals surface area contributed by atoms with E-state index in [9.17, 15) is 0 Å². The lowest BCUT2D eigenvalue weighted by molar-refractivity contribution is 0.424. The van der Waals surface area contributed by atoms with Crippen molar-refractivity contribution in [3.05, 3.63) is 45.2 Å². The summed E-state index contributed by atoms with van der Waals surface area (Å²) >= 11 is 8.13. The average Bonchev–Trinajstić information content (AvgIpc) is 2.88. The van der Waals surface area contributed by atoms with E-state index in [-0.39, 0.29) is 5.54 Å². The standard InChI is InChI=1S/C16H22ClN3S/c1-16(2,3)19-10-12-8-14(17)15(18-9-12)20(4)11-13-6-5-7-21-13/h5-9,19H,10-11H2,1-4H3. The van der Waals surface area contributed by atoms with E-state index >= 15 is 0 Å². The van der Waals surface area contributed by atoms with Crippen LogP contribution < -0.4 is 10.2 Å². The van der Waals surface area contributed by atoms with E-state index in [1.165, 1.54) is 4.88 Å². The highest BCUT2D eigenvalue weighted by Gasteiger charge is 2.12. The normalized spacial score (nSPS) is 11.7. The Labute approximate surface area is 136 Å². The summed E-state index contributed by atoms with van der Waals surface area (Å²) in [5, 5.41) is 6.22. The summed E-state index contributed by atoms with van der Waals surface area (Å²) in [5.41, 5.74) is 1.18. The number of hydrogen-bond donors (Lipinski definition) is 1. The number of rotatable bonds is 5. The van der Waals surface area contributed by atoms with Crippen LogP contribution in [0.25, 0.3) is 0 Å². The Morgan fingerprint density at radius 1 is 1.38 bits per heavy atom. The fourth-order valence-corrected chi connectivity index (χ4v) is 3.02. The maximum atomic E-state index is 6.39. The van der Waals surface area contributed by atoms with Crippen molar-refractivity contribution < 1.29 is 0 Å². The Morgan fingerprint density at radius 2 is 2.14 bits per heavy atom. The van der Waals surface area contributed by atoms with Gasteiger partial charge < -0.3 is 10.2 Å². The molecule has 0 fully saturated rings. The molecule has 0 bridgehead atoms. The summed E-state index contributed by atoms with van der Waals surface area (Å²) < 4.78 is 0. The van der Waals surface area contributed by atoms with Crippen LogP contribution in [0, 0.1) is 0 Å². The maximum Gasteiger partial charge on any atom is 0.147 e. The van der Waals surface area contributed by atoms with Crippen molar-refractivity contribution >= 4 is 28.8 Å². The first kappa shape index (κ1) is 16.3. The number of nitrogens with zero attached hydrogens (tertiary/aromatic N) is 2. The molecule has 2 rings (SSSR count). The van der Waals surface area contributed by atoms with Gasteiger partial charge in [0.2, 0.25) is 0 Å². The molecule has 114 valence electrons. The van der Waals surface area contributed by atoms with Gasteiger partial charge in [-0.25, -0.2) is 4.98 Å². The molecule has 3 nitrogen and oxygen atoms in total. The van der Waals surface area contributed by atoms with Gasteiger partial charge in [0, 0.05) is 30.2 Å². The third kappa shape index (κ3) is 4.99. The largest absolute Gasteiger partial charge is 0.353 e. The number of anilines is 1. The van der Waals surface area contributed by atoms with Crippen LogP contribution in [0.3, 0.4) is 0 Å². The van der Waals surface area contributed by atoms with Crippen LogP contribution in [0.1, 0.15) is 31.2 Å². The highest BCUT2D eigenvalue weighted by Crippen LogP contribution is 2.25. The zero-order valence-corrected chi connectivity index (χ0v) is 14.6. The van der Waals surface area contributed by atoms with E-state index in [0.29, 0.717) is 5.02 Å². The molecule has 0 amide bonds. The molecule has 0 atom stereocenters. The predicted octanol–water partition coefficient (Wildman–Crippen LogP) is 4.32. The molecule has 0 saturated carbocycles. The molecular formula is C16H22ClN3S. The molecule has 2 aromatic heterocycles. The molecule has 0 aliphatic carbocycles. The first-order valence-electron chi connectivity index (χ1n) is 6.98. The molecule has 5 heteroatoms. The molecule has 21 heavy (non-hydrogen) atoms. The second-order valence-electron chi connectivity index (χ2n) is 6.19. The summed E-state index contributed by atoms with van der Waals surface area (Å²) in [6, 6.07) is 6.17. The van der Waals surface area contributed by atoms with Crippen molar-refractivity contribution in [3.63, 3.8) is 0 Å². The highest BCUT2D eigenvalue weighted by molar-refractivity contribution is 7.09. The molecule has 2 aromatic rings. The number of thiophene rings is 1. The number of aromatic nitrogens is 1. The van der Waals surface area contributed by atoms with Crippen molar-refractivity contribution in [2.45, 2.75) is 39.4 Å². The number of halogens is 1. The van der Waals surface area contributed by atoms with E-state index in [1.807, 2.05) is 19.3 Å². The topological polar surface area (TPSA) is 28.2 Å². The lowest BCUT2D eigenvalue weighted by atomic mass is 10.1. The number of pyridine rings is 1. The minimum atomic E-state index is 0.0844. The Bertz CT molecular complexity index is 576. The Kier molecular flexibility index (Phi) is 5.25. The van der Waals surface area contributed by atoms with E-state index in [2.05, 4.69) is 53.5 Å². The zero-order valence-electron chi connectivity index (χ0n) is 13.0. The second-order valence-corrected chi connectivity index (χ2v) is 7.63. The van der Waals surface area contributed by atoms with Gasteiger partial charge in [0.1, 0.15) is 5.82 Å². The lowest BCUT2D eigenvalue weighted by Gasteiger charge is -2.22. The first-order chi connectivity index (χ1) is 9.85. The van der Waals surface area contributed by atoms with Crippen LogP contribution in [0.5, 0.6) is 0 Å². The molecule has 0 spiro atoms. The van der Waals surface area contributed by atoms with Crippen LogP contribution in [0.2, 0.25) is 5.02 Å². The lowest BCUT2D eigenvalue weighted by Crippen LogP contribution is -2.35. The molecule has 0 unspecified atom stereocenters. The highest BCUT2D eigenvalue weighted by atomic mass is 35.5. The van der Waals surface area contributed by atoms with Gasteiger partial charge in [0.15, 0.2) is 0 Å². The van der Waals surface area contributed by atoms with Crippen molar-refractivity contribution in [1.82, 2.24) is 10.3 Å². The summed E-state index contributed by atoms with van der Waals surface area (Å²) in [4.78, 5) is 7.90. The molecular weight excluding hydrogens is 302 g/mol. The van der Waals surface area contributed by atoms with E-state index in [4.69, 9.17) is 11.6 Å². The van der Waals surface area contributed by atoms with Crippen molar-refractivity contribution in [1.29, 1.82) is 0 Å². The smallest absolute Gasteiger partial charge is 0.147 e. The quantitative estimate of drug-likeness (QED) is 0.888. The Hall–Kier alpha value is -1.10. The summed E-state index contributed by atoms with van der Waals surface area (Å²) in [6.07, 6.45) is 1.89. The van der Waals surface area contributed by atoms with Crippen LogP contribution >= 0.6 is 22.9 Å². The van der Waals surface area contributed by atoms with E-state index in [0.717, 1.165) is 24.5 Å². The number of hydrogen-bond acceptors (Lipinski definition) is 4. The van der Waals surface area contributed by atoms with Gasteiger partial charge in [0.05, 0.1) is 11.6 Å². The Balaban J connectivity index is 2.04. The summed E-state index contributed by atoms with van der Waals surface area (Å²) in [5.74, 6) is 0.824. The second kappa shape index (κ2) is 6.77. The van der Waals surface area contributed by atoms with E-state index in [1.54, 1.807) is 11.3 Å². The Morgan fingerprint density at radius 3 is 2.71 bits per heavy atom. The minimum Gasteiger partial charge on any atom is -0.353 e. The predicted molar refractivity (Wildman–Crippen MR) is 92.3 cm³/mol. The van der Waals surface area contributed by atoms with Crippen molar-refractivity contribution in [2.24, 2.45) is 0 Å². The minimum absolute atomic E-state index is 0.0844. The SMILES string of the molecule is CN(Cc1cccs1)c1ncc(CNC(C)(C)C)cc1Cl. The summed E-state index contributed by atoms with van der Waals surface area (Å²) in [7, 11) is 2.01. The fraction of sp³-hybridized carbons (Fsp3) is 0.438. The van der Waals surface area contributed by atoms with Crippen molar-refractivity contribution in [3.8, 4) is 0 Å². The van der Waals surface area contributed by atoms with Gasteiger partial charge in [-0.2, -0.15) is 0 Å². The molecule has 0 saturated heterocycles. The number of nitrogens with one attached hydrogen (secondary N) is 1. The van der Waals surface area contributed by atoms with E-state index < -0.39 is 0 Å². The van der Waals surface area contributed by atoms with Gasteiger partial charge in [0.25, 0.3) is 0 Å². The van der Waals surface area contributed by atoms with Gasteiger partial charge in [-0.1, -0.05) is 17.7 Å². The molecule has 0 aromatic carbocycles. The maximum absolute atomic E-state index is 6.39. The van der Waals surface area contributed by atoms with Gasteiger partial charge >= 0.3 is 0 Å². The summed E-state index contributed by atoms with van der Waals surface area (Å²) in [6.45, 7) is 8.02. The monoisotopic (exact) mass is 323 g/mol. The molecule has 0 radical (unpaired) electrons.